The molecule has 0 bridgehead atoms. The highest BCUT2D eigenvalue weighted by Crippen LogP contribution is 2.33. The van der Waals surface area contributed by atoms with E-state index in [0.29, 0.717) is 12.1 Å². The molecule has 0 saturated carbocycles. The molecule has 4 heteroatoms. The van der Waals surface area contributed by atoms with Gasteiger partial charge in [0.05, 0.1) is 11.6 Å². The molecule has 0 amide bonds. The first-order valence-electron chi connectivity index (χ1n) is 5.77. The molecule has 17 heavy (non-hydrogen) atoms. The first kappa shape index (κ1) is 11.9. The Morgan fingerprint density at radius 1 is 1.53 bits per heavy atom. The third-order valence-electron chi connectivity index (χ3n) is 3.31. The fraction of sp³-hybridized carbons (Fsp3) is 0.462. The maximum atomic E-state index is 13.5. The summed E-state index contributed by atoms with van der Waals surface area (Å²) >= 11 is 0. The summed E-state index contributed by atoms with van der Waals surface area (Å²) in [7, 11) is 0. The van der Waals surface area contributed by atoms with E-state index in [2.05, 4.69) is 5.32 Å². The van der Waals surface area contributed by atoms with Gasteiger partial charge in [0, 0.05) is 6.04 Å². The normalized spacial score (nSPS) is 19.9. The Morgan fingerprint density at radius 3 is 2.76 bits per heavy atom. The monoisotopic (exact) mass is 237 g/mol. The molecule has 0 saturated heterocycles. The molecule has 0 spiro atoms. The van der Waals surface area contributed by atoms with Gasteiger partial charge in [-0.1, -0.05) is 26.0 Å². The van der Waals surface area contributed by atoms with Gasteiger partial charge in [-0.15, -0.1) is 0 Å². The van der Waals surface area contributed by atoms with Crippen molar-refractivity contribution in [3.8, 4) is 0 Å². The van der Waals surface area contributed by atoms with Gasteiger partial charge < -0.3 is 10.4 Å². The Labute approximate surface area is 99.7 Å². The zero-order chi connectivity index (χ0) is 12.6. The summed E-state index contributed by atoms with van der Waals surface area (Å²) in [6, 6.07) is 4.66. The number of hydrogen-bond donors (Lipinski definition) is 2. The second-order valence-corrected chi connectivity index (χ2v) is 4.84. The van der Waals surface area contributed by atoms with Crippen LogP contribution in [0.2, 0.25) is 0 Å². The van der Waals surface area contributed by atoms with Gasteiger partial charge in [-0.25, -0.2) is 4.39 Å². The van der Waals surface area contributed by atoms with E-state index in [4.69, 9.17) is 0 Å². The number of halogens is 1. The molecule has 2 atom stereocenters. The largest absolute Gasteiger partial charge is 0.481 e. The van der Waals surface area contributed by atoms with Crippen LogP contribution in [0.4, 0.5) is 10.1 Å². The van der Waals surface area contributed by atoms with Gasteiger partial charge >= 0.3 is 5.97 Å². The predicted octanol–water partition coefficient (Wildman–Crippen LogP) is 2.52. The molecule has 2 rings (SSSR count). The Hall–Kier alpha value is -1.58. The molecule has 92 valence electrons. The van der Waals surface area contributed by atoms with Crippen molar-refractivity contribution in [1.29, 1.82) is 0 Å². The molecule has 1 heterocycles. The fourth-order valence-electron chi connectivity index (χ4n) is 2.51. The van der Waals surface area contributed by atoms with E-state index in [9.17, 15) is 14.3 Å². The number of carboxylic acid groups (broad SMARTS) is 1. The number of benzene rings is 1. The summed E-state index contributed by atoms with van der Waals surface area (Å²) in [4.78, 5) is 11.2. The second kappa shape index (κ2) is 4.35. The van der Waals surface area contributed by atoms with Gasteiger partial charge in [0.15, 0.2) is 0 Å². The van der Waals surface area contributed by atoms with Crippen LogP contribution in [0.25, 0.3) is 0 Å². The molecule has 0 fully saturated rings. The molecular weight excluding hydrogens is 221 g/mol. The average Bonchev–Trinajstić information content (AvgIpc) is 2.61. The number of hydrogen-bond acceptors (Lipinski definition) is 2. The van der Waals surface area contributed by atoms with E-state index in [1.807, 2.05) is 19.9 Å². The van der Waals surface area contributed by atoms with Crippen LogP contribution in [0.15, 0.2) is 18.2 Å². The van der Waals surface area contributed by atoms with Gasteiger partial charge in [0.1, 0.15) is 5.82 Å². The van der Waals surface area contributed by atoms with Crippen LogP contribution >= 0.6 is 0 Å². The molecule has 0 aromatic heterocycles. The van der Waals surface area contributed by atoms with Crippen molar-refractivity contribution in [2.75, 3.05) is 5.32 Å². The van der Waals surface area contributed by atoms with Crippen molar-refractivity contribution < 1.29 is 14.3 Å². The predicted molar refractivity (Wildman–Crippen MR) is 63.5 cm³/mol. The van der Waals surface area contributed by atoms with Gasteiger partial charge in [0.25, 0.3) is 0 Å². The Kier molecular flexibility index (Phi) is 3.05. The molecule has 0 radical (unpaired) electrons. The van der Waals surface area contributed by atoms with Crippen molar-refractivity contribution in [2.45, 2.75) is 26.3 Å². The quantitative estimate of drug-likeness (QED) is 0.849. The van der Waals surface area contributed by atoms with E-state index >= 15 is 0 Å². The molecule has 2 unspecified atom stereocenters. The Bertz CT molecular complexity index is 445. The fourth-order valence-corrected chi connectivity index (χ4v) is 2.51. The van der Waals surface area contributed by atoms with Gasteiger partial charge in [0.2, 0.25) is 0 Å². The van der Waals surface area contributed by atoms with Crippen LogP contribution in [0.1, 0.15) is 19.4 Å². The first-order chi connectivity index (χ1) is 8.00. The molecule has 1 aliphatic rings. The lowest BCUT2D eigenvalue weighted by Crippen LogP contribution is -2.36. The topological polar surface area (TPSA) is 49.3 Å². The minimum atomic E-state index is -0.828. The highest BCUT2D eigenvalue weighted by Gasteiger charge is 2.35. The van der Waals surface area contributed by atoms with Crippen LogP contribution in [0.3, 0.4) is 0 Å². The van der Waals surface area contributed by atoms with Gasteiger partial charge in [-0.2, -0.15) is 0 Å². The number of carbonyl (C=O) groups is 1. The van der Waals surface area contributed by atoms with Crippen LogP contribution in [0, 0.1) is 17.7 Å². The number of carboxylic acids is 1. The lowest BCUT2D eigenvalue weighted by atomic mass is 9.87. The lowest BCUT2D eigenvalue weighted by molar-refractivity contribution is -0.143. The van der Waals surface area contributed by atoms with Crippen LogP contribution in [0.5, 0.6) is 0 Å². The van der Waals surface area contributed by atoms with Crippen molar-refractivity contribution in [3.63, 3.8) is 0 Å². The summed E-state index contributed by atoms with van der Waals surface area (Å²) < 4.78 is 13.5. The van der Waals surface area contributed by atoms with Crippen LogP contribution < -0.4 is 5.32 Å². The number of aliphatic carboxylic acids is 1. The maximum absolute atomic E-state index is 13.5. The Morgan fingerprint density at radius 2 is 2.24 bits per heavy atom. The molecule has 1 aromatic carbocycles. The minimum absolute atomic E-state index is 0.0161. The van der Waals surface area contributed by atoms with Gasteiger partial charge in [-0.3, -0.25) is 4.79 Å². The highest BCUT2D eigenvalue weighted by atomic mass is 19.1. The first-order valence-corrected chi connectivity index (χ1v) is 5.77. The molecule has 3 nitrogen and oxygen atoms in total. The van der Waals surface area contributed by atoms with E-state index in [-0.39, 0.29) is 17.8 Å². The standard InChI is InChI=1S/C13H16FNO2/c1-7(2)11(13(16)17)10-6-8-4-3-5-9(14)12(8)15-10/h3-5,7,10-11,15H,6H2,1-2H3,(H,16,17). The van der Waals surface area contributed by atoms with Crippen molar-refractivity contribution in [3.05, 3.63) is 29.6 Å². The average molecular weight is 237 g/mol. The number of para-hydroxylation sites is 1. The highest BCUT2D eigenvalue weighted by molar-refractivity contribution is 5.73. The van der Waals surface area contributed by atoms with E-state index in [1.54, 1.807) is 6.07 Å². The molecular formula is C13H16FNO2. The van der Waals surface area contributed by atoms with Crippen LogP contribution in [-0.4, -0.2) is 17.1 Å². The van der Waals surface area contributed by atoms with E-state index in [1.165, 1.54) is 6.07 Å². The Balaban J connectivity index is 2.24. The number of nitrogens with one attached hydrogen (secondary N) is 1. The summed E-state index contributed by atoms with van der Waals surface area (Å²) in [6.45, 7) is 3.75. The summed E-state index contributed by atoms with van der Waals surface area (Å²) in [6.07, 6.45) is 0.572. The second-order valence-electron chi connectivity index (χ2n) is 4.84. The zero-order valence-electron chi connectivity index (χ0n) is 9.90. The number of rotatable bonds is 3. The van der Waals surface area contributed by atoms with E-state index < -0.39 is 11.9 Å². The minimum Gasteiger partial charge on any atom is -0.481 e. The zero-order valence-corrected chi connectivity index (χ0v) is 9.90. The molecule has 1 aromatic rings. The van der Waals surface area contributed by atoms with Gasteiger partial charge in [-0.05, 0) is 24.0 Å². The van der Waals surface area contributed by atoms with Crippen molar-refractivity contribution in [2.24, 2.45) is 11.8 Å². The smallest absolute Gasteiger partial charge is 0.308 e. The molecule has 0 aliphatic carbocycles. The molecule has 1 aliphatic heterocycles. The third-order valence-corrected chi connectivity index (χ3v) is 3.31. The molecule has 2 N–H and O–H groups in total. The van der Waals surface area contributed by atoms with Crippen molar-refractivity contribution in [1.82, 2.24) is 0 Å². The summed E-state index contributed by atoms with van der Waals surface area (Å²) in [5.41, 5.74) is 1.33. The lowest BCUT2D eigenvalue weighted by Gasteiger charge is -2.23. The summed E-state index contributed by atoms with van der Waals surface area (Å²) in [5, 5.41) is 12.2. The summed E-state index contributed by atoms with van der Waals surface area (Å²) in [5.74, 6) is -1.62. The number of anilines is 1. The number of fused-ring (bicyclic) bond motifs is 1. The van der Waals surface area contributed by atoms with E-state index in [0.717, 1.165) is 5.56 Å². The van der Waals surface area contributed by atoms with Crippen molar-refractivity contribution >= 4 is 11.7 Å². The van der Waals surface area contributed by atoms with Crippen LogP contribution in [-0.2, 0) is 11.2 Å². The maximum Gasteiger partial charge on any atom is 0.308 e. The third kappa shape index (κ3) is 2.12. The SMILES string of the molecule is CC(C)C(C(=O)O)C1Cc2cccc(F)c2N1.